The summed E-state index contributed by atoms with van der Waals surface area (Å²) in [6, 6.07) is 9.13. The van der Waals surface area contributed by atoms with Gasteiger partial charge in [0.05, 0.1) is 18.2 Å². The van der Waals surface area contributed by atoms with E-state index in [1.54, 1.807) is 17.2 Å². The third-order valence-electron chi connectivity index (χ3n) is 4.40. The van der Waals surface area contributed by atoms with Crippen LogP contribution in [0.3, 0.4) is 0 Å². The van der Waals surface area contributed by atoms with Crippen molar-refractivity contribution in [1.29, 1.82) is 0 Å². The lowest BCUT2D eigenvalue weighted by Gasteiger charge is -2.16. The third-order valence-corrected chi connectivity index (χ3v) is 4.40. The predicted octanol–water partition coefficient (Wildman–Crippen LogP) is 2.07. The molecule has 7 heteroatoms. The molecular weight excluding hydrogens is 340 g/mol. The molecule has 0 saturated carbocycles. The second-order valence-corrected chi connectivity index (χ2v) is 6.24. The molecule has 5 nitrogen and oxygen atoms in total. The molecule has 1 aromatic heterocycles. The number of hydrogen-bond acceptors (Lipinski definition) is 3. The lowest BCUT2D eigenvalue weighted by Crippen LogP contribution is -2.34. The van der Waals surface area contributed by atoms with Crippen molar-refractivity contribution in [3.05, 3.63) is 65.5 Å². The quantitative estimate of drug-likeness (QED) is 0.859. The lowest BCUT2D eigenvalue weighted by molar-refractivity contribution is -0.129. The Kier molecular flexibility index (Phi) is 5.55. The maximum Gasteiger partial charge on any atom is 0.225 e. The summed E-state index contributed by atoms with van der Waals surface area (Å²) in [6.07, 6.45) is 1.84. The molecule has 1 aliphatic rings. The van der Waals surface area contributed by atoms with Gasteiger partial charge in [-0.1, -0.05) is 12.1 Å². The molecule has 2 heterocycles. The fourth-order valence-corrected chi connectivity index (χ4v) is 3.01. The molecule has 1 fully saturated rings. The van der Waals surface area contributed by atoms with E-state index in [-0.39, 0.29) is 36.8 Å². The second-order valence-electron chi connectivity index (χ2n) is 6.24. The fourth-order valence-electron chi connectivity index (χ4n) is 3.01. The summed E-state index contributed by atoms with van der Waals surface area (Å²) in [5.74, 6) is -2.10. The standard InChI is InChI=1S/C19H19F2N3O2/c20-16-5-3-6-17(21)15(16)7-9-23-19(26)13-10-18(25)24(11-13)12-14-4-1-2-8-22-14/h1-6,8,13H,7,9-12H2,(H,23,26). The summed E-state index contributed by atoms with van der Waals surface area (Å²) in [4.78, 5) is 30.1. The van der Waals surface area contributed by atoms with Gasteiger partial charge in [0.15, 0.2) is 0 Å². The zero-order chi connectivity index (χ0) is 18.5. The van der Waals surface area contributed by atoms with Gasteiger partial charge in [-0.05, 0) is 30.7 Å². The highest BCUT2D eigenvalue weighted by Crippen LogP contribution is 2.20. The van der Waals surface area contributed by atoms with Gasteiger partial charge >= 0.3 is 0 Å². The van der Waals surface area contributed by atoms with Crippen molar-refractivity contribution in [2.45, 2.75) is 19.4 Å². The van der Waals surface area contributed by atoms with Crippen molar-refractivity contribution >= 4 is 11.8 Å². The Labute approximate surface area is 150 Å². The highest BCUT2D eigenvalue weighted by molar-refractivity contribution is 5.89. The minimum atomic E-state index is -0.628. The van der Waals surface area contributed by atoms with Crippen molar-refractivity contribution in [3.63, 3.8) is 0 Å². The first kappa shape index (κ1) is 18.0. The van der Waals surface area contributed by atoms with E-state index in [1.165, 1.54) is 18.2 Å². The molecule has 1 saturated heterocycles. The van der Waals surface area contributed by atoms with E-state index in [0.29, 0.717) is 13.1 Å². The fraction of sp³-hybridized carbons (Fsp3) is 0.316. The van der Waals surface area contributed by atoms with Crippen LogP contribution in [0.25, 0.3) is 0 Å². The highest BCUT2D eigenvalue weighted by atomic mass is 19.1. The lowest BCUT2D eigenvalue weighted by atomic mass is 10.1. The molecule has 2 aromatic rings. The molecule has 1 unspecified atom stereocenters. The van der Waals surface area contributed by atoms with E-state index in [4.69, 9.17) is 0 Å². The smallest absolute Gasteiger partial charge is 0.225 e. The Morgan fingerprint density at radius 2 is 1.96 bits per heavy atom. The molecule has 1 aromatic carbocycles. The number of carbonyl (C=O) groups excluding carboxylic acids is 2. The van der Waals surface area contributed by atoms with Gasteiger partial charge in [0.2, 0.25) is 11.8 Å². The van der Waals surface area contributed by atoms with Crippen LogP contribution in [-0.2, 0) is 22.6 Å². The molecular formula is C19H19F2N3O2. The minimum absolute atomic E-state index is 0.0490. The normalized spacial score (nSPS) is 16.8. The predicted molar refractivity (Wildman–Crippen MR) is 90.8 cm³/mol. The molecule has 3 rings (SSSR count). The topological polar surface area (TPSA) is 62.3 Å². The van der Waals surface area contributed by atoms with E-state index in [0.717, 1.165) is 5.69 Å². The number of nitrogens with zero attached hydrogens (tertiary/aromatic N) is 2. The van der Waals surface area contributed by atoms with Crippen LogP contribution in [-0.4, -0.2) is 34.8 Å². The zero-order valence-electron chi connectivity index (χ0n) is 14.1. The number of nitrogens with one attached hydrogen (secondary N) is 1. The number of hydrogen-bond donors (Lipinski definition) is 1. The van der Waals surface area contributed by atoms with E-state index in [1.807, 2.05) is 12.1 Å². The number of benzene rings is 1. The zero-order valence-corrected chi connectivity index (χ0v) is 14.1. The summed E-state index contributed by atoms with van der Waals surface area (Å²) in [6.45, 7) is 0.792. The SMILES string of the molecule is O=C(NCCc1c(F)cccc1F)C1CC(=O)N(Cc2ccccn2)C1. The van der Waals surface area contributed by atoms with Crippen LogP contribution in [0, 0.1) is 17.6 Å². The van der Waals surface area contributed by atoms with Crippen molar-refractivity contribution in [3.8, 4) is 0 Å². The van der Waals surface area contributed by atoms with Crippen LogP contribution in [0.5, 0.6) is 0 Å². The molecule has 2 amide bonds. The van der Waals surface area contributed by atoms with Crippen LogP contribution in [0.4, 0.5) is 8.78 Å². The van der Waals surface area contributed by atoms with Crippen molar-refractivity contribution in [2.24, 2.45) is 5.92 Å². The van der Waals surface area contributed by atoms with E-state index < -0.39 is 17.6 Å². The van der Waals surface area contributed by atoms with Gasteiger partial charge < -0.3 is 10.2 Å². The molecule has 136 valence electrons. The van der Waals surface area contributed by atoms with Crippen LogP contribution in [0.1, 0.15) is 17.7 Å². The van der Waals surface area contributed by atoms with Gasteiger partial charge in [0.1, 0.15) is 11.6 Å². The molecule has 0 radical (unpaired) electrons. The number of halogens is 2. The van der Waals surface area contributed by atoms with Crippen LogP contribution < -0.4 is 5.32 Å². The summed E-state index contributed by atoms with van der Waals surface area (Å²) in [5.41, 5.74) is 0.712. The van der Waals surface area contributed by atoms with Crippen molar-refractivity contribution in [2.75, 3.05) is 13.1 Å². The van der Waals surface area contributed by atoms with Gasteiger partial charge in [0.25, 0.3) is 0 Å². The first-order valence-electron chi connectivity index (χ1n) is 8.43. The Bertz CT molecular complexity index is 778. The van der Waals surface area contributed by atoms with Crippen LogP contribution in [0.15, 0.2) is 42.6 Å². The summed E-state index contributed by atoms with van der Waals surface area (Å²) >= 11 is 0. The van der Waals surface area contributed by atoms with Crippen molar-refractivity contribution < 1.29 is 18.4 Å². The summed E-state index contributed by atoms with van der Waals surface area (Å²) < 4.78 is 27.2. The maximum atomic E-state index is 13.6. The Balaban J connectivity index is 1.50. The first-order valence-corrected chi connectivity index (χ1v) is 8.43. The monoisotopic (exact) mass is 359 g/mol. The van der Waals surface area contributed by atoms with Crippen LogP contribution in [0.2, 0.25) is 0 Å². The average molecular weight is 359 g/mol. The Morgan fingerprint density at radius 3 is 2.65 bits per heavy atom. The number of rotatable bonds is 6. The molecule has 26 heavy (non-hydrogen) atoms. The Hall–Kier alpha value is -2.83. The van der Waals surface area contributed by atoms with Gasteiger partial charge in [0, 0.05) is 31.3 Å². The molecule has 1 aliphatic heterocycles. The molecule has 0 spiro atoms. The number of aromatic nitrogens is 1. The van der Waals surface area contributed by atoms with Gasteiger partial charge in [-0.25, -0.2) is 8.78 Å². The van der Waals surface area contributed by atoms with Gasteiger partial charge in [-0.15, -0.1) is 0 Å². The number of carbonyl (C=O) groups is 2. The second kappa shape index (κ2) is 8.03. The summed E-state index contributed by atoms with van der Waals surface area (Å²) in [5, 5.41) is 2.67. The summed E-state index contributed by atoms with van der Waals surface area (Å²) in [7, 11) is 0. The molecule has 1 atom stereocenters. The van der Waals surface area contributed by atoms with E-state index in [9.17, 15) is 18.4 Å². The maximum absolute atomic E-state index is 13.6. The third kappa shape index (κ3) is 4.22. The average Bonchev–Trinajstić information content (AvgIpc) is 2.99. The number of amides is 2. The number of likely N-dealkylation sites (tertiary alicyclic amines) is 1. The Morgan fingerprint density at radius 1 is 1.19 bits per heavy atom. The first-order chi connectivity index (χ1) is 12.5. The van der Waals surface area contributed by atoms with E-state index in [2.05, 4.69) is 10.3 Å². The van der Waals surface area contributed by atoms with Crippen LogP contribution >= 0.6 is 0 Å². The molecule has 1 N–H and O–H groups in total. The molecule has 0 bridgehead atoms. The minimum Gasteiger partial charge on any atom is -0.355 e. The molecule has 0 aliphatic carbocycles. The number of pyridine rings is 1. The highest BCUT2D eigenvalue weighted by Gasteiger charge is 2.34. The van der Waals surface area contributed by atoms with Gasteiger partial charge in [-0.3, -0.25) is 14.6 Å². The van der Waals surface area contributed by atoms with E-state index >= 15 is 0 Å². The van der Waals surface area contributed by atoms with Crippen molar-refractivity contribution in [1.82, 2.24) is 15.2 Å². The van der Waals surface area contributed by atoms with Gasteiger partial charge in [-0.2, -0.15) is 0 Å². The largest absolute Gasteiger partial charge is 0.355 e.